The summed E-state index contributed by atoms with van der Waals surface area (Å²) in [5.41, 5.74) is 1.30. The molecule has 3 rings (SSSR count). The quantitative estimate of drug-likeness (QED) is 0.0413. The van der Waals surface area contributed by atoms with E-state index in [1.807, 2.05) is 0 Å². The molecule has 304 valence electrons. The lowest BCUT2D eigenvalue weighted by atomic mass is 10.0. The third-order valence-corrected chi connectivity index (χ3v) is 9.84. The summed E-state index contributed by atoms with van der Waals surface area (Å²) in [4.78, 5) is 34.5. The molecule has 1 aromatic heterocycles. The third-order valence-electron chi connectivity index (χ3n) is 9.84. The van der Waals surface area contributed by atoms with E-state index >= 15 is 0 Å². The van der Waals surface area contributed by atoms with Gasteiger partial charge < -0.3 is 14.2 Å². The Hall–Kier alpha value is -3.95. The van der Waals surface area contributed by atoms with Crippen molar-refractivity contribution in [2.75, 3.05) is 6.61 Å². The molecule has 0 radical (unpaired) electrons. The molecular weight excluding hydrogens is 705 g/mol. The number of esters is 2. The maximum Gasteiger partial charge on any atom is 0.425 e. The predicted octanol–water partition coefficient (Wildman–Crippen LogP) is 13.4. The van der Waals surface area contributed by atoms with Gasteiger partial charge in [-0.2, -0.15) is 13.2 Å². The average Bonchev–Trinajstić information content (AvgIpc) is 3.17. The van der Waals surface area contributed by atoms with Gasteiger partial charge in [-0.1, -0.05) is 142 Å². The Morgan fingerprint density at radius 2 is 1.15 bits per heavy atom. The number of ether oxygens (including phenoxy) is 3. The summed E-state index contributed by atoms with van der Waals surface area (Å²) in [6.45, 7) is 6.57. The largest absolute Gasteiger partial charge is 0.490 e. The van der Waals surface area contributed by atoms with Gasteiger partial charge in [0.05, 0.1) is 30.1 Å². The highest BCUT2D eigenvalue weighted by molar-refractivity contribution is 5.93. The van der Waals surface area contributed by atoms with Crippen LogP contribution in [0.4, 0.5) is 13.2 Å². The van der Waals surface area contributed by atoms with Crippen molar-refractivity contribution in [3.63, 3.8) is 0 Å². The minimum absolute atomic E-state index is 0.0184. The molecule has 0 saturated carbocycles. The normalized spacial score (nSPS) is 12.0. The molecule has 0 aliphatic heterocycles. The zero-order valence-electron chi connectivity index (χ0n) is 33.4. The first-order valence-electron chi connectivity index (χ1n) is 20.8. The van der Waals surface area contributed by atoms with Gasteiger partial charge in [0.25, 0.3) is 0 Å². The predicted molar refractivity (Wildman–Crippen MR) is 213 cm³/mol. The molecule has 0 aliphatic rings. The van der Waals surface area contributed by atoms with E-state index in [1.165, 1.54) is 88.8 Å². The fraction of sp³-hybridized carbons (Fsp3) is 0.600. The van der Waals surface area contributed by atoms with E-state index in [-0.39, 0.29) is 23.3 Å². The third kappa shape index (κ3) is 18.0. The summed E-state index contributed by atoms with van der Waals surface area (Å²) < 4.78 is 57.4. The van der Waals surface area contributed by atoms with Crippen LogP contribution in [0.15, 0.2) is 54.9 Å². The number of carbonyl (C=O) groups excluding carboxylic acids is 2. The number of alkyl halides is 3. The average molecular weight is 769 g/mol. The van der Waals surface area contributed by atoms with E-state index in [0.717, 1.165) is 44.9 Å². The number of carbonyl (C=O) groups is 2. The van der Waals surface area contributed by atoms with Gasteiger partial charge in [-0.3, -0.25) is 0 Å². The van der Waals surface area contributed by atoms with E-state index in [0.29, 0.717) is 42.1 Å². The second kappa shape index (κ2) is 26.0. The highest BCUT2D eigenvalue weighted by Gasteiger charge is 2.42. The summed E-state index contributed by atoms with van der Waals surface area (Å²) in [6, 6.07) is 10.7. The summed E-state index contributed by atoms with van der Waals surface area (Å²) in [6.07, 6.45) is 19.0. The van der Waals surface area contributed by atoms with Gasteiger partial charge in [0, 0.05) is 5.56 Å². The summed E-state index contributed by atoms with van der Waals surface area (Å²) >= 11 is 0. The van der Waals surface area contributed by atoms with Crippen molar-refractivity contribution in [3.05, 3.63) is 71.5 Å². The van der Waals surface area contributed by atoms with Crippen molar-refractivity contribution >= 4 is 11.9 Å². The molecule has 55 heavy (non-hydrogen) atoms. The molecule has 0 aliphatic carbocycles. The van der Waals surface area contributed by atoms with Crippen molar-refractivity contribution in [2.45, 2.75) is 168 Å². The number of hydrogen-bond acceptors (Lipinski definition) is 7. The number of hydrogen-bond donors (Lipinski definition) is 0. The molecule has 3 aromatic rings. The molecule has 1 atom stereocenters. The number of halogens is 3. The lowest BCUT2D eigenvalue weighted by molar-refractivity contribution is -0.206. The van der Waals surface area contributed by atoms with Gasteiger partial charge in [-0.25, -0.2) is 19.6 Å². The van der Waals surface area contributed by atoms with Gasteiger partial charge >= 0.3 is 18.1 Å². The van der Waals surface area contributed by atoms with Crippen LogP contribution in [0.3, 0.4) is 0 Å². The number of aromatic nitrogens is 2. The Labute approximate surface area is 327 Å². The van der Waals surface area contributed by atoms with Crippen LogP contribution in [0.1, 0.15) is 175 Å². The summed E-state index contributed by atoms with van der Waals surface area (Å²) in [5.74, 6) is -0.445. The molecule has 7 nitrogen and oxygen atoms in total. The van der Waals surface area contributed by atoms with Crippen LogP contribution in [-0.2, 0) is 4.74 Å². The van der Waals surface area contributed by atoms with Gasteiger partial charge in [0.15, 0.2) is 17.7 Å². The van der Waals surface area contributed by atoms with Crippen LogP contribution < -0.4 is 9.47 Å². The standard InChI is InChI=1S/C45H63F3N2O5/c1-4-6-8-10-12-14-15-16-17-19-21-23-31-53-39-33-49-42(50-34-39)36-25-27-37(28-26-36)43(51)54-38-29-30-40(35(3)32-38)44(52)55-41(45(46,47)48)24-22-20-18-13-11-9-7-5-2/h25-30,32-34,41H,4-24,31H2,1-3H3/t41-/m0/s1. The Morgan fingerprint density at radius 3 is 1.65 bits per heavy atom. The molecule has 10 heteroatoms. The molecule has 0 bridgehead atoms. The van der Waals surface area contributed by atoms with E-state index in [2.05, 4.69) is 23.8 Å². The lowest BCUT2D eigenvalue weighted by Crippen LogP contribution is -2.34. The first kappa shape index (κ1) is 45.4. The molecule has 0 unspecified atom stereocenters. The van der Waals surface area contributed by atoms with E-state index in [4.69, 9.17) is 14.2 Å². The summed E-state index contributed by atoms with van der Waals surface area (Å²) in [7, 11) is 0. The van der Waals surface area contributed by atoms with Crippen LogP contribution in [0.2, 0.25) is 0 Å². The number of benzene rings is 2. The van der Waals surface area contributed by atoms with Gasteiger partial charge in [-0.05, 0) is 62.1 Å². The highest BCUT2D eigenvalue weighted by atomic mass is 19.4. The van der Waals surface area contributed by atoms with E-state index in [1.54, 1.807) is 43.6 Å². The van der Waals surface area contributed by atoms with Crippen LogP contribution in [-0.4, -0.2) is 40.8 Å². The molecule has 1 heterocycles. The lowest BCUT2D eigenvalue weighted by Gasteiger charge is -2.21. The van der Waals surface area contributed by atoms with Crippen LogP contribution in [0.5, 0.6) is 11.5 Å². The fourth-order valence-corrected chi connectivity index (χ4v) is 6.47. The Morgan fingerprint density at radius 1 is 0.636 bits per heavy atom. The highest BCUT2D eigenvalue weighted by Crippen LogP contribution is 2.29. The maximum absolute atomic E-state index is 13.7. The van der Waals surface area contributed by atoms with E-state index < -0.39 is 24.2 Å². The molecular formula is C45H63F3N2O5. The Balaban J connectivity index is 1.39. The SMILES string of the molecule is CCCCCCCCCCCCCCOc1cnc(-c2ccc(C(=O)Oc3ccc(C(=O)O[C@@H](CCCCCCCCCC)C(F)(F)F)c(C)c3)cc2)nc1. The van der Waals surface area contributed by atoms with Crippen molar-refractivity contribution in [1.82, 2.24) is 9.97 Å². The van der Waals surface area contributed by atoms with Crippen molar-refractivity contribution in [2.24, 2.45) is 0 Å². The van der Waals surface area contributed by atoms with Crippen LogP contribution in [0, 0.1) is 6.92 Å². The number of rotatable bonds is 28. The van der Waals surface area contributed by atoms with Gasteiger partial charge in [0.2, 0.25) is 0 Å². The topological polar surface area (TPSA) is 87.6 Å². The molecule has 0 fully saturated rings. The van der Waals surface area contributed by atoms with Crippen molar-refractivity contribution in [1.29, 1.82) is 0 Å². The molecule has 0 amide bonds. The molecule has 0 N–H and O–H groups in total. The Kier molecular flexibility index (Phi) is 21.5. The van der Waals surface area contributed by atoms with Gasteiger partial charge in [0.1, 0.15) is 5.75 Å². The van der Waals surface area contributed by atoms with Crippen LogP contribution in [0.25, 0.3) is 11.4 Å². The first-order chi connectivity index (χ1) is 26.6. The first-order valence-corrected chi connectivity index (χ1v) is 20.8. The second-order valence-electron chi connectivity index (χ2n) is 14.6. The van der Waals surface area contributed by atoms with E-state index in [9.17, 15) is 22.8 Å². The number of unbranched alkanes of at least 4 members (excludes halogenated alkanes) is 18. The number of nitrogens with zero attached hydrogens (tertiary/aromatic N) is 2. The minimum Gasteiger partial charge on any atom is -0.490 e. The van der Waals surface area contributed by atoms with Crippen LogP contribution >= 0.6 is 0 Å². The number of aryl methyl sites for hydroxylation is 1. The fourth-order valence-electron chi connectivity index (χ4n) is 6.47. The zero-order valence-corrected chi connectivity index (χ0v) is 33.4. The summed E-state index contributed by atoms with van der Waals surface area (Å²) in [5, 5.41) is 0. The second-order valence-corrected chi connectivity index (χ2v) is 14.6. The maximum atomic E-state index is 13.7. The minimum atomic E-state index is -4.66. The Bertz CT molecular complexity index is 1510. The smallest absolute Gasteiger partial charge is 0.425 e. The van der Waals surface area contributed by atoms with Crippen molar-refractivity contribution < 1.29 is 37.0 Å². The van der Waals surface area contributed by atoms with Crippen molar-refractivity contribution in [3.8, 4) is 22.9 Å². The van der Waals surface area contributed by atoms with Gasteiger partial charge in [-0.15, -0.1) is 0 Å². The molecule has 0 spiro atoms. The molecule has 2 aromatic carbocycles. The monoisotopic (exact) mass is 768 g/mol. The molecule has 0 saturated heterocycles. The zero-order chi connectivity index (χ0) is 39.7.